The van der Waals surface area contributed by atoms with Crippen molar-refractivity contribution >= 4 is 0 Å². The molecule has 1 heterocycles. The molecule has 1 aromatic carbocycles. The second-order valence-electron chi connectivity index (χ2n) is 4.92. The topological polar surface area (TPSA) is 47.7 Å². The van der Waals surface area contributed by atoms with E-state index in [-0.39, 0.29) is 0 Å². The van der Waals surface area contributed by atoms with E-state index in [4.69, 9.17) is 15.2 Å². The summed E-state index contributed by atoms with van der Waals surface area (Å²) >= 11 is 0. The minimum atomic E-state index is 0.520. The van der Waals surface area contributed by atoms with Gasteiger partial charge in [-0.05, 0) is 37.7 Å². The van der Waals surface area contributed by atoms with Gasteiger partial charge in [0.25, 0.3) is 0 Å². The van der Waals surface area contributed by atoms with E-state index in [0.717, 1.165) is 36.8 Å². The van der Waals surface area contributed by atoms with Gasteiger partial charge in [-0.2, -0.15) is 0 Å². The van der Waals surface area contributed by atoms with Crippen LogP contribution in [0.3, 0.4) is 0 Å². The molecule has 4 heteroatoms. The van der Waals surface area contributed by atoms with E-state index < -0.39 is 0 Å². The molecular formula is C14H22N2O2. The van der Waals surface area contributed by atoms with E-state index >= 15 is 0 Å². The van der Waals surface area contributed by atoms with Crippen molar-refractivity contribution in [3.05, 3.63) is 23.8 Å². The maximum absolute atomic E-state index is 5.90. The van der Waals surface area contributed by atoms with Gasteiger partial charge in [0.15, 0.2) is 11.5 Å². The molecule has 1 unspecified atom stereocenters. The van der Waals surface area contributed by atoms with Crippen molar-refractivity contribution in [2.75, 3.05) is 33.9 Å². The quantitative estimate of drug-likeness (QED) is 0.860. The zero-order valence-electron chi connectivity index (χ0n) is 11.2. The minimum Gasteiger partial charge on any atom is -0.493 e. The fraction of sp³-hybridized carbons (Fsp3) is 0.571. The van der Waals surface area contributed by atoms with Crippen LogP contribution in [0.25, 0.3) is 0 Å². The molecule has 100 valence electrons. The van der Waals surface area contributed by atoms with Gasteiger partial charge in [-0.3, -0.25) is 0 Å². The van der Waals surface area contributed by atoms with Gasteiger partial charge in [-0.15, -0.1) is 0 Å². The van der Waals surface area contributed by atoms with Crippen molar-refractivity contribution in [2.24, 2.45) is 11.7 Å². The number of hydrogen-bond donors (Lipinski definition) is 1. The molecule has 0 aromatic heterocycles. The van der Waals surface area contributed by atoms with Crippen molar-refractivity contribution in [2.45, 2.75) is 13.0 Å². The lowest BCUT2D eigenvalue weighted by molar-refractivity contribution is 0.238. The van der Waals surface area contributed by atoms with Crippen LogP contribution in [0.4, 0.5) is 0 Å². The largest absolute Gasteiger partial charge is 0.493 e. The van der Waals surface area contributed by atoms with Crippen LogP contribution < -0.4 is 15.2 Å². The first-order chi connectivity index (χ1) is 8.72. The average molecular weight is 250 g/mol. The lowest BCUT2D eigenvalue weighted by Crippen LogP contribution is -2.18. The third-order valence-corrected chi connectivity index (χ3v) is 3.43. The predicted octanol–water partition coefficient (Wildman–Crippen LogP) is 1.48. The van der Waals surface area contributed by atoms with E-state index in [2.05, 4.69) is 11.9 Å². The Hall–Kier alpha value is -1.26. The fourth-order valence-corrected chi connectivity index (χ4v) is 2.33. The second kappa shape index (κ2) is 6.07. The lowest BCUT2D eigenvalue weighted by Gasteiger charge is -2.15. The van der Waals surface area contributed by atoms with Crippen LogP contribution in [-0.2, 0) is 6.54 Å². The summed E-state index contributed by atoms with van der Waals surface area (Å²) in [7, 11) is 3.81. The highest BCUT2D eigenvalue weighted by molar-refractivity contribution is 5.42. The summed E-state index contributed by atoms with van der Waals surface area (Å²) in [5.41, 5.74) is 6.71. The summed E-state index contributed by atoms with van der Waals surface area (Å²) in [6.45, 7) is 3.54. The molecule has 1 aliphatic heterocycles. The van der Waals surface area contributed by atoms with Crippen molar-refractivity contribution in [3.63, 3.8) is 0 Å². The first-order valence-electron chi connectivity index (χ1n) is 6.41. The Morgan fingerprint density at radius 2 is 2.22 bits per heavy atom. The van der Waals surface area contributed by atoms with Crippen LogP contribution in [-0.4, -0.2) is 38.8 Å². The van der Waals surface area contributed by atoms with E-state index in [1.165, 1.54) is 6.42 Å². The van der Waals surface area contributed by atoms with Gasteiger partial charge in [0.05, 0.1) is 13.7 Å². The summed E-state index contributed by atoms with van der Waals surface area (Å²) in [6.07, 6.45) is 1.20. The molecule has 0 amide bonds. The molecule has 1 aliphatic rings. The van der Waals surface area contributed by atoms with Crippen LogP contribution in [0.2, 0.25) is 0 Å². The number of nitrogens with two attached hydrogens (primary N) is 1. The van der Waals surface area contributed by atoms with Gasteiger partial charge in [0, 0.05) is 19.0 Å². The Labute approximate surface area is 109 Å². The standard InChI is InChI=1S/C14H22N2O2/c1-16-6-5-12(9-16)10-18-14-7-11(8-15)3-4-13(14)17-2/h3-4,7,12H,5-6,8-10,15H2,1-2H3. The zero-order valence-corrected chi connectivity index (χ0v) is 11.2. The molecule has 0 bridgehead atoms. The predicted molar refractivity (Wildman–Crippen MR) is 72.0 cm³/mol. The molecule has 1 saturated heterocycles. The van der Waals surface area contributed by atoms with Crippen molar-refractivity contribution in [3.8, 4) is 11.5 Å². The fourth-order valence-electron chi connectivity index (χ4n) is 2.33. The maximum Gasteiger partial charge on any atom is 0.161 e. The Kier molecular flexibility index (Phi) is 4.44. The van der Waals surface area contributed by atoms with E-state index in [1.54, 1.807) is 7.11 Å². The number of ether oxygens (including phenoxy) is 2. The maximum atomic E-state index is 5.90. The van der Waals surface area contributed by atoms with E-state index in [1.807, 2.05) is 18.2 Å². The molecule has 4 nitrogen and oxygen atoms in total. The van der Waals surface area contributed by atoms with Crippen LogP contribution in [0.5, 0.6) is 11.5 Å². The van der Waals surface area contributed by atoms with Gasteiger partial charge in [0.2, 0.25) is 0 Å². The zero-order chi connectivity index (χ0) is 13.0. The highest BCUT2D eigenvalue weighted by atomic mass is 16.5. The molecule has 2 rings (SSSR count). The smallest absolute Gasteiger partial charge is 0.161 e. The van der Waals surface area contributed by atoms with Crippen LogP contribution in [0.15, 0.2) is 18.2 Å². The molecule has 1 aromatic rings. The molecule has 0 spiro atoms. The number of nitrogens with zero attached hydrogens (tertiary/aromatic N) is 1. The third kappa shape index (κ3) is 3.15. The number of benzene rings is 1. The SMILES string of the molecule is COc1ccc(CN)cc1OCC1CCN(C)C1. The lowest BCUT2D eigenvalue weighted by atomic mass is 10.1. The van der Waals surface area contributed by atoms with E-state index in [9.17, 15) is 0 Å². The van der Waals surface area contributed by atoms with Crippen LogP contribution in [0.1, 0.15) is 12.0 Å². The van der Waals surface area contributed by atoms with Crippen molar-refractivity contribution in [1.82, 2.24) is 4.90 Å². The molecule has 2 N–H and O–H groups in total. The summed E-state index contributed by atoms with van der Waals surface area (Å²) in [6, 6.07) is 5.85. The normalized spacial score (nSPS) is 20.1. The Morgan fingerprint density at radius 1 is 1.39 bits per heavy atom. The molecule has 0 saturated carbocycles. The van der Waals surface area contributed by atoms with Gasteiger partial charge >= 0.3 is 0 Å². The molecule has 0 radical (unpaired) electrons. The average Bonchev–Trinajstić information content (AvgIpc) is 2.81. The third-order valence-electron chi connectivity index (χ3n) is 3.43. The highest BCUT2D eigenvalue weighted by Gasteiger charge is 2.20. The Bertz CT molecular complexity index is 395. The summed E-state index contributed by atoms with van der Waals surface area (Å²) in [5, 5.41) is 0. The Morgan fingerprint density at radius 3 is 2.83 bits per heavy atom. The van der Waals surface area contributed by atoms with E-state index in [0.29, 0.717) is 12.5 Å². The first-order valence-corrected chi connectivity index (χ1v) is 6.41. The minimum absolute atomic E-state index is 0.520. The summed E-state index contributed by atoms with van der Waals surface area (Å²) < 4.78 is 11.2. The van der Waals surface area contributed by atoms with Gasteiger partial charge in [-0.25, -0.2) is 0 Å². The monoisotopic (exact) mass is 250 g/mol. The van der Waals surface area contributed by atoms with Gasteiger partial charge in [-0.1, -0.05) is 6.07 Å². The summed E-state index contributed by atoms with van der Waals surface area (Å²) in [4.78, 5) is 2.33. The number of rotatable bonds is 5. The molecular weight excluding hydrogens is 228 g/mol. The van der Waals surface area contributed by atoms with Crippen LogP contribution in [0, 0.1) is 5.92 Å². The molecule has 1 atom stereocenters. The highest BCUT2D eigenvalue weighted by Crippen LogP contribution is 2.29. The van der Waals surface area contributed by atoms with Crippen molar-refractivity contribution in [1.29, 1.82) is 0 Å². The van der Waals surface area contributed by atoms with Gasteiger partial charge in [0.1, 0.15) is 0 Å². The number of methoxy groups -OCH3 is 1. The summed E-state index contributed by atoms with van der Waals surface area (Å²) in [5.74, 6) is 2.19. The second-order valence-corrected chi connectivity index (χ2v) is 4.92. The van der Waals surface area contributed by atoms with Crippen molar-refractivity contribution < 1.29 is 9.47 Å². The molecule has 0 aliphatic carbocycles. The van der Waals surface area contributed by atoms with Gasteiger partial charge < -0.3 is 20.1 Å². The molecule has 18 heavy (non-hydrogen) atoms. The number of hydrogen-bond acceptors (Lipinski definition) is 4. The number of likely N-dealkylation sites (tertiary alicyclic amines) is 1. The first kappa shape index (κ1) is 13.2. The van der Waals surface area contributed by atoms with Crippen LogP contribution >= 0.6 is 0 Å². The molecule has 1 fully saturated rings. The Balaban J connectivity index is 1.98.